The second-order valence-electron chi connectivity index (χ2n) is 2.16. The third-order valence-corrected chi connectivity index (χ3v) is 1.31. The molecule has 0 aliphatic carbocycles. The first kappa shape index (κ1) is 8.54. The largest absolute Gasteiger partial charge is 0.502 e. The van der Waals surface area contributed by atoms with Gasteiger partial charge < -0.3 is 4.74 Å². The van der Waals surface area contributed by atoms with Crippen LogP contribution >= 0.6 is 0 Å². The third kappa shape index (κ3) is 5.41. The average molecular weight is 128 g/mol. The molecule has 0 aromatic carbocycles. The highest BCUT2D eigenvalue weighted by molar-refractivity contribution is 4.87. The number of allylic oxidation sites excluding steroid dienone is 2. The molecular formula is C8H16O. The van der Waals surface area contributed by atoms with Crippen molar-refractivity contribution in [2.45, 2.75) is 33.1 Å². The highest BCUT2D eigenvalue weighted by Crippen LogP contribution is 2.00. The number of methoxy groups -OCH3 is 1. The molecule has 0 heterocycles. The van der Waals surface area contributed by atoms with Crippen LogP contribution in [0.2, 0.25) is 0 Å². The zero-order valence-electron chi connectivity index (χ0n) is 6.61. The summed E-state index contributed by atoms with van der Waals surface area (Å²) in [5.41, 5.74) is 0. The molecule has 0 unspecified atom stereocenters. The Kier molecular flexibility index (Phi) is 5.38. The van der Waals surface area contributed by atoms with Crippen LogP contribution in [0.25, 0.3) is 0 Å². The number of ether oxygens (including phenoxy) is 1. The molecule has 0 aliphatic heterocycles. The Labute approximate surface area is 57.7 Å². The van der Waals surface area contributed by atoms with E-state index in [4.69, 9.17) is 4.74 Å². The van der Waals surface area contributed by atoms with Crippen molar-refractivity contribution in [3.8, 4) is 0 Å². The minimum absolute atomic E-state index is 1.03. The molecule has 0 rings (SSSR count). The van der Waals surface area contributed by atoms with Crippen LogP contribution in [0.15, 0.2) is 11.8 Å². The molecule has 9 heavy (non-hydrogen) atoms. The van der Waals surface area contributed by atoms with Gasteiger partial charge in [-0.1, -0.05) is 13.3 Å². The molecule has 0 saturated heterocycles. The predicted molar refractivity (Wildman–Crippen MR) is 40.3 cm³/mol. The topological polar surface area (TPSA) is 9.23 Å². The lowest BCUT2D eigenvalue weighted by atomic mass is 10.2. The fraction of sp³-hybridized carbons (Fsp3) is 0.750. The van der Waals surface area contributed by atoms with E-state index in [0.29, 0.717) is 0 Å². The van der Waals surface area contributed by atoms with Crippen LogP contribution in [0.1, 0.15) is 33.1 Å². The van der Waals surface area contributed by atoms with E-state index in [0.717, 1.165) is 12.2 Å². The highest BCUT2D eigenvalue weighted by Gasteiger charge is 1.82. The maximum atomic E-state index is 4.96. The molecule has 0 aromatic rings. The summed E-state index contributed by atoms with van der Waals surface area (Å²) < 4.78 is 4.96. The molecule has 0 fully saturated rings. The summed E-state index contributed by atoms with van der Waals surface area (Å²) in [6.07, 6.45) is 5.80. The third-order valence-electron chi connectivity index (χ3n) is 1.31. The second-order valence-corrected chi connectivity index (χ2v) is 2.16. The van der Waals surface area contributed by atoms with Gasteiger partial charge in [-0.2, -0.15) is 0 Å². The Bertz CT molecular complexity index is 84.6. The van der Waals surface area contributed by atoms with Crippen LogP contribution in [0.3, 0.4) is 0 Å². The zero-order chi connectivity index (χ0) is 7.11. The van der Waals surface area contributed by atoms with Gasteiger partial charge in [0, 0.05) is 0 Å². The first-order valence-corrected chi connectivity index (χ1v) is 3.52. The van der Waals surface area contributed by atoms with Gasteiger partial charge in [-0.3, -0.25) is 0 Å². The smallest absolute Gasteiger partial charge is 0.0884 e. The average Bonchev–Trinajstić information content (AvgIpc) is 1.89. The van der Waals surface area contributed by atoms with Crippen molar-refractivity contribution >= 4 is 0 Å². The first-order chi connectivity index (χ1) is 4.31. The summed E-state index contributed by atoms with van der Waals surface area (Å²) in [7, 11) is 1.71. The highest BCUT2D eigenvalue weighted by atomic mass is 16.5. The van der Waals surface area contributed by atoms with Crippen LogP contribution in [0, 0.1) is 0 Å². The van der Waals surface area contributed by atoms with Crippen molar-refractivity contribution in [3.05, 3.63) is 11.8 Å². The van der Waals surface area contributed by atoms with Crippen LogP contribution in [0.4, 0.5) is 0 Å². The minimum Gasteiger partial charge on any atom is -0.502 e. The molecule has 0 amide bonds. The number of unbranched alkanes of at least 4 members (excludes halogenated alkanes) is 2. The Morgan fingerprint density at radius 2 is 2.22 bits per heavy atom. The van der Waals surface area contributed by atoms with Gasteiger partial charge in [0.2, 0.25) is 0 Å². The molecule has 0 aromatic heterocycles. The van der Waals surface area contributed by atoms with E-state index in [9.17, 15) is 0 Å². The van der Waals surface area contributed by atoms with Gasteiger partial charge in [0.25, 0.3) is 0 Å². The molecule has 54 valence electrons. The van der Waals surface area contributed by atoms with E-state index in [1.54, 1.807) is 7.11 Å². The number of hydrogen-bond acceptors (Lipinski definition) is 1. The van der Waals surface area contributed by atoms with Crippen molar-refractivity contribution in [3.63, 3.8) is 0 Å². The summed E-state index contributed by atoms with van der Waals surface area (Å²) in [6.45, 7) is 4.17. The van der Waals surface area contributed by atoms with Crippen molar-refractivity contribution in [2.24, 2.45) is 0 Å². The second kappa shape index (κ2) is 5.67. The van der Waals surface area contributed by atoms with Gasteiger partial charge in [-0.15, -0.1) is 0 Å². The normalized spacial score (nSPS) is 11.7. The van der Waals surface area contributed by atoms with Gasteiger partial charge in [0.1, 0.15) is 0 Å². The molecule has 0 aliphatic rings. The van der Waals surface area contributed by atoms with E-state index in [2.05, 4.69) is 13.0 Å². The first-order valence-electron chi connectivity index (χ1n) is 3.52. The summed E-state index contributed by atoms with van der Waals surface area (Å²) >= 11 is 0. The maximum absolute atomic E-state index is 4.96. The molecule has 0 radical (unpaired) electrons. The molecule has 0 atom stereocenters. The van der Waals surface area contributed by atoms with Gasteiger partial charge in [0.15, 0.2) is 0 Å². The lowest BCUT2D eigenvalue weighted by molar-refractivity contribution is 0.291. The maximum Gasteiger partial charge on any atom is 0.0884 e. The SMILES string of the molecule is CCCC/C=C(/C)OC. The summed E-state index contributed by atoms with van der Waals surface area (Å²) in [5, 5.41) is 0. The molecule has 0 saturated carbocycles. The zero-order valence-corrected chi connectivity index (χ0v) is 6.61. The van der Waals surface area contributed by atoms with Crippen LogP contribution in [-0.2, 0) is 4.74 Å². The van der Waals surface area contributed by atoms with Gasteiger partial charge in [0.05, 0.1) is 12.9 Å². The molecule has 1 heteroatoms. The Hall–Kier alpha value is -0.460. The van der Waals surface area contributed by atoms with E-state index < -0.39 is 0 Å². The Balaban J connectivity index is 3.21. The van der Waals surface area contributed by atoms with E-state index >= 15 is 0 Å². The summed E-state index contributed by atoms with van der Waals surface area (Å²) in [6, 6.07) is 0. The van der Waals surface area contributed by atoms with Gasteiger partial charge >= 0.3 is 0 Å². The summed E-state index contributed by atoms with van der Waals surface area (Å²) in [5.74, 6) is 1.03. The molecule has 0 spiro atoms. The van der Waals surface area contributed by atoms with Crippen LogP contribution in [0.5, 0.6) is 0 Å². The fourth-order valence-electron chi connectivity index (χ4n) is 0.593. The fourth-order valence-corrected chi connectivity index (χ4v) is 0.593. The van der Waals surface area contributed by atoms with Gasteiger partial charge in [-0.25, -0.2) is 0 Å². The predicted octanol–water partition coefficient (Wildman–Crippen LogP) is 2.73. The summed E-state index contributed by atoms with van der Waals surface area (Å²) in [4.78, 5) is 0. The molecule has 0 bridgehead atoms. The van der Waals surface area contributed by atoms with E-state index in [1.165, 1.54) is 12.8 Å². The Morgan fingerprint density at radius 1 is 1.56 bits per heavy atom. The lowest BCUT2D eigenvalue weighted by Gasteiger charge is -1.96. The van der Waals surface area contributed by atoms with E-state index in [-0.39, 0.29) is 0 Å². The molecule has 0 N–H and O–H groups in total. The standard InChI is InChI=1S/C8H16O/c1-4-5-6-7-8(2)9-3/h7H,4-6H2,1-3H3/b8-7-. The number of rotatable bonds is 4. The van der Waals surface area contributed by atoms with E-state index in [1.807, 2.05) is 6.92 Å². The van der Waals surface area contributed by atoms with Crippen molar-refractivity contribution < 1.29 is 4.74 Å². The Morgan fingerprint density at radius 3 is 2.67 bits per heavy atom. The van der Waals surface area contributed by atoms with Gasteiger partial charge in [-0.05, 0) is 25.8 Å². The van der Waals surface area contributed by atoms with Crippen molar-refractivity contribution in [1.82, 2.24) is 0 Å². The van der Waals surface area contributed by atoms with Crippen LogP contribution in [-0.4, -0.2) is 7.11 Å². The monoisotopic (exact) mass is 128 g/mol. The number of hydrogen-bond donors (Lipinski definition) is 0. The minimum atomic E-state index is 1.03. The quantitative estimate of drug-likeness (QED) is 0.418. The van der Waals surface area contributed by atoms with Crippen molar-refractivity contribution in [1.29, 1.82) is 0 Å². The molecule has 1 nitrogen and oxygen atoms in total. The lowest BCUT2D eigenvalue weighted by Crippen LogP contribution is -1.78. The molecular weight excluding hydrogens is 112 g/mol. The van der Waals surface area contributed by atoms with Crippen LogP contribution < -0.4 is 0 Å². The van der Waals surface area contributed by atoms with Crippen molar-refractivity contribution in [2.75, 3.05) is 7.11 Å².